The molecule has 0 saturated heterocycles. The first-order valence-corrected chi connectivity index (χ1v) is 11.5. The molecule has 0 aromatic heterocycles. The highest BCUT2D eigenvalue weighted by molar-refractivity contribution is 6.02. The van der Waals surface area contributed by atoms with Gasteiger partial charge in [-0.05, 0) is 68.5 Å². The number of ketones is 1. The average Bonchev–Trinajstić information content (AvgIpc) is 2.78. The van der Waals surface area contributed by atoms with Crippen molar-refractivity contribution in [2.45, 2.75) is 58.0 Å². The summed E-state index contributed by atoms with van der Waals surface area (Å²) in [5.41, 5.74) is 3.40. The number of hydrogen-bond donors (Lipinski definition) is 1. The summed E-state index contributed by atoms with van der Waals surface area (Å²) in [6, 6.07) is 13.5. The Bertz CT molecular complexity index is 1090. The summed E-state index contributed by atoms with van der Waals surface area (Å²) in [5, 5.41) is 2.99. The first-order chi connectivity index (χ1) is 15.9. The molecule has 1 aliphatic heterocycles. The monoisotopic (exact) mass is 449 g/mol. The number of hydrogen-bond acceptors (Lipinski definition) is 5. The maximum Gasteiger partial charge on any atom is 0.225 e. The van der Waals surface area contributed by atoms with Gasteiger partial charge in [-0.25, -0.2) is 0 Å². The molecule has 0 spiro atoms. The Morgan fingerprint density at radius 2 is 1.82 bits per heavy atom. The zero-order valence-electron chi connectivity index (χ0n) is 19.6. The van der Waals surface area contributed by atoms with E-state index in [1.807, 2.05) is 63.2 Å². The molecule has 1 heterocycles. The van der Waals surface area contributed by atoms with Gasteiger partial charge in [0.05, 0.1) is 19.8 Å². The number of rotatable bonds is 7. The van der Waals surface area contributed by atoms with E-state index in [1.165, 1.54) is 0 Å². The van der Waals surface area contributed by atoms with Gasteiger partial charge in [0.1, 0.15) is 5.75 Å². The molecule has 6 nitrogen and oxygen atoms in total. The largest absolute Gasteiger partial charge is 0.494 e. The predicted octanol–water partition coefficient (Wildman–Crippen LogP) is 4.89. The summed E-state index contributed by atoms with van der Waals surface area (Å²) in [7, 11) is 1.61. The van der Waals surface area contributed by atoms with E-state index in [1.54, 1.807) is 7.11 Å². The molecule has 1 N–H and O–H groups in total. The molecular weight excluding hydrogens is 418 g/mol. The molecule has 2 aromatic carbocycles. The van der Waals surface area contributed by atoms with Gasteiger partial charge in [0.25, 0.3) is 0 Å². The first kappa shape index (κ1) is 22.9. The molecular formula is C27H31NO5. The fraction of sp³-hybridized carbons (Fsp3) is 0.407. The molecule has 0 bridgehead atoms. The second-order valence-corrected chi connectivity index (χ2v) is 8.81. The second-order valence-electron chi connectivity index (χ2n) is 8.81. The minimum absolute atomic E-state index is 0.0318. The van der Waals surface area contributed by atoms with Crippen LogP contribution in [0.5, 0.6) is 17.2 Å². The standard InChI is InChI=1S/C27H31NO5/c1-5-32-20-8-6-7-18(11-20)21-15-26(30)28-22-12-19(13-23(29)27(21)22)17-9-10-24(33-16(2)3)25(14-17)31-4/h6-11,14,16,19,21H,5,12-13,15H2,1-4H3,(H,28,30). The van der Waals surface area contributed by atoms with Gasteiger partial charge >= 0.3 is 0 Å². The lowest BCUT2D eigenvalue weighted by Crippen LogP contribution is -2.38. The average molecular weight is 450 g/mol. The Morgan fingerprint density at radius 3 is 2.55 bits per heavy atom. The minimum Gasteiger partial charge on any atom is -0.494 e. The smallest absolute Gasteiger partial charge is 0.225 e. The highest BCUT2D eigenvalue weighted by Gasteiger charge is 2.38. The van der Waals surface area contributed by atoms with E-state index in [-0.39, 0.29) is 36.1 Å². The van der Waals surface area contributed by atoms with Gasteiger partial charge in [-0.2, -0.15) is 0 Å². The van der Waals surface area contributed by atoms with Crippen LogP contribution >= 0.6 is 0 Å². The maximum absolute atomic E-state index is 13.4. The van der Waals surface area contributed by atoms with Crippen molar-refractivity contribution in [1.29, 1.82) is 0 Å². The van der Waals surface area contributed by atoms with E-state index >= 15 is 0 Å². The zero-order chi connectivity index (χ0) is 23.5. The van der Waals surface area contributed by atoms with Crippen LogP contribution in [0.4, 0.5) is 0 Å². The Morgan fingerprint density at radius 1 is 1.00 bits per heavy atom. The number of ether oxygens (including phenoxy) is 3. The van der Waals surface area contributed by atoms with Gasteiger partial charge < -0.3 is 19.5 Å². The Kier molecular flexibility index (Phi) is 6.72. The van der Waals surface area contributed by atoms with Crippen molar-refractivity contribution in [1.82, 2.24) is 5.32 Å². The SMILES string of the molecule is CCOc1cccc(C2CC(=O)NC3=C2C(=O)CC(c2ccc(OC(C)C)c(OC)c2)C3)c1. The molecule has 2 aliphatic rings. The Balaban J connectivity index is 1.65. The molecule has 2 atom stereocenters. The van der Waals surface area contributed by atoms with Gasteiger partial charge in [-0.3, -0.25) is 9.59 Å². The highest BCUT2D eigenvalue weighted by Crippen LogP contribution is 2.44. The zero-order valence-corrected chi connectivity index (χ0v) is 19.6. The van der Waals surface area contributed by atoms with Crippen LogP contribution in [0.1, 0.15) is 63.0 Å². The van der Waals surface area contributed by atoms with Gasteiger partial charge in [0, 0.05) is 30.0 Å². The van der Waals surface area contributed by atoms with Crippen LogP contribution < -0.4 is 19.5 Å². The third-order valence-corrected chi connectivity index (χ3v) is 6.13. The minimum atomic E-state index is -0.251. The molecule has 1 aliphatic carbocycles. The van der Waals surface area contributed by atoms with Gasteiger partial charge in [-0.1, -0.05) is 18.2 Å². The van der Waals surface area contributed by atoms with Crippen molar-refractivity contribution in [2.75, 3.05) is 13.7 Å². The van der Waals surface area contributed by atoms with Crippen LogP contribution in [0, 0.1) is 0 Å². The molecule has 4 rings (SSSR count). The third-order valence-electron chi connectivity index (χ3n) is 6.13. The summed E-state index contributed by atoms with van der Waals surface area (Å²) in [4.78, 5) is 26.0. The number of carbonyl (C=O) groups is 2. The van der Waals surface area contributed by atoms with Gasteiger partial charge in [0.15, 0.2) is 17.3 Å². The molecule has 33 heavy (non-hydrogen) atoms. The number of allylic oxidation sites excluding steroid dienone is 2. The molecule has 0 radical (unpaired) electrons. The lowest BCUT2D eigenvalue weighted by molar-refractivity contribution is -0.122. The topological polar surface area (TPSA) is 73.9 Å². The lowest BCUT2D eigenvalue weighted by Gasteiger charge is -2.34. The number of carbonyl (C=O) groups excluding carboxylic acids is 2. The normalized spacial score (nSPS) is 20.4. The highest BCUT2D eigenvalue weighted by atomic mass is 16.5. The van der Waals surface area contributed by atoms with E-state index in [0.29, 0.717) is 30.9 Å². The molecule has 6 heteroatoms. The summed E-state index contributed by atoms with van der Waals surface area (Å²) in [5.74, 6) is 1.80. The van der Waals surface area contributed by atoms with Crippen LogP contribution in [0.25, 0.3) is 0 Å². The third kappa shape index (κ3) is 4.90. The van der Waals surface area contributed by atoms with Crippen LogP contribution in [0.15, 0.2) is 53.7 Å². The van der Waals surface area contributed by atoms with E-state index in [0.717, 1.165) is 28.1 Å². The van der Waals surface area contributed by atoms with Crippen molar-refractivity contribution in [3.8, 4) is 17.2 Å². The summed E-state index contributed by atoms with van der Waals surface area (Å²) in [6.07, 6.45) is 1.29. The quantitative estimate of drug-likeness (QED) is 0.652. The molecule has 1 amide bonds. The van der Waals surface area contributed by atoms with Crippen LogP contribution in [-0.4, -0.2) is 31.5 Å². The maximum atomic E-state index is 13.4. The summed E-state index contributed by atoms with van der Waals surface area (Å²) >= 11 is 0. The summed E-state index contributed by atoms with van der Waals surface area (Å²) in [6.45, 7) is 6.43. The van der Waals surface area contributed by atoms with E-state index in [4.69, 9.17) is 14.2 Å². The van der Waals surface area contributed by atoms with E-state index < -0.39 is 0 Å². The second kappa shape index (κ2) is 9.69. The van der Waals surface area contributed by atoms with Crippen molar-refractivity contribution < 1.29 is 23.8 Å². The summed E-state index contributed by atoms with van der Waals surface area (Å²) < 4.78 is 17.0. The lowest BCUT2D eigenvalue weighted by atomic mass is 9.73. The van der Waals surface area contributed by atoms with E-state index in [9.17, 15) is 9.59 Å². The van der Waals surface area contributed by atoms with Gasteiger partial charge in [0.2, 0.25) is 5.91 Å². The molecule has 2 aromatic rings. The van der Waals surface area contributed by atoms with Gasteiger partial charge in [-0.15, -0.1) is 0 Å². The number of benzene rings is 2. The number of Topliss-reactive ketones (excluding diaryl/α,β-unsaturated/α-hetero) is 1. The number of nitrogens with one attached hydrogen (secondary N) is 1. The van der Waals surface area contributed by atoms with Crippen molar-refractivity contribution in [3.63, 3.8) is 0 Å². The molecule has 2 unspecified atom stereocenters. The number of methoxy groups -OCH3 is 1. The van der Waals surface area contributed by atoms with Crippen molar-refractivity contribution >= 4 is 11.7 Å². The Hall–Kier alpha value is -3.28. The fourth-order valence-electron chi connectivity index (χ4n) is 4.76. The van der Waals surface area contributed by atoms with E-state index in [2.05, 4.69) is 5.32 Å². The number of amides is 1. The first-order valence-electron chi connectivity index (χ1n) is 11.5. The van der Waals surface area contributed by atoms with Crippen molar-refractivity contribution in [3.05, 3.63) is 64.9 Å². The molecule has 0 saturated carbocycles. The Labute approximate surface area is 194 Å². The molecule has 0 fully saturated rings. The van der Waals surface area contributed by atoms with Crippen molar-refractivity contribution in [2.24, 2.45) is 0 Å². The van der Waals surface area contributed by atoms with Crippen LogP contribution in [0.2, 0.25) is 0 Å². The van der Waals surface area contributed by atoms with Crippen LogP contribution in [0.3, 0.4) is 0 Å². The predicted molar refractivity (Wildman–Crippen MR) is 126 cm³/mol. The van der Waals surface area contributed by atoms with Crippen LogP contribution in [-0.2, 0) is 9.59 Å². The fourth-order valence-corrected chi connectivity index (χ4v) is 4.76. The molecule has 174 valence electrons.